The van der Waals surface area contributed by atoms with Crippen molar-refractivity contribution < 1.29 is 28.8 Å². The van der Waals surface area contributed by atoms with Crippen LogP contribution < -0.4 is 21.3 Å². The maximum absolute atomic E-state index is 15.1. The molecule has 12 nitrogen and oxygen atoms in total. The summed E-state index contributed by atoms with van der Waals surface area (Å²) in [4.78, 5) is 88.0. The number of nitrogens with zero attached hydrogens (tertiary/aromatic N) is 2. The number of hydrogen-bond acceptors (Lipinski definition) is 7. The van der Waals surface area contributed by atoms with Gasteiger partial charge in [-0.1, -0.05) is 81.6 Å². The van der Waals surface area contributed by atoms with E-state index in [0.717, 1.165) is 64.3 Å². The second-order valence-electron chi connectivity index (χ2n) is 20.6. The first kappa shape index (κ1) is 43.1. The van der Waals surface area contributed by atoms with Crippen molar-refractivity contribution in [2.75, 3.05) is 13.1 Å². The second kappa shape index (κ2) is 15.7. The van der Waals surface area contributed by atoms with Crippen molar-refractivity contribution in [1.82, 2.24) is 31.1 Å². The van der Waals surface area contributed by atoms with Crippen LogP contribution in [0, 0.1) is 27.1 Å². The van der Waals surface area contributed by atoms with Gasteiger partial charge in [-0.05, 0) is 99.8 Å². The van der Waals surface area contributed by atoms with Crippen molar-refractivity contribution in [2.45, 2.75) is 196 Å². The van der Waals surface area contributed by atoms with Crippen LogP contribution in [0.5, 0.6) is 0 Å². The van der Waals surface area contributed by atoms with E-state index in [0.29, 0.717) is 25.8 Å². The number of carbonyl (C=O) groups is 6. The van der Waals surface area contributed by atoms with Crippen LogP contribution in [-0.2, 0) is 28.8 Å². The standard InChI is InChI=1S/C43H72N6O6/c1-12-17-28(31(50)36(53)44-27-18-15-19-27)45-35(52)30-24-43(41(10,11)42(43)21-16-22-42)25-49(30)38(55)33(40(7,8)9)47-37(54)32(39(4,5)6)46-34(51)29-20-13-14-23-48(29)26(2)3/h26-30,32-33H,12-25H2,1-11H3,(H,44,53)(H,45,52)(H,46,51)(H,47,54)/t28?,29-,30+,32-,33-,43-/m1/s1. The minimum atomic E-state index is -1.01. The highest BCUT2D eigenvalue weighted by molar-refractivity contribution is 6.38. The summed E-state index contributed by atoms with van der Waals surface area (Å²) >= 11 is 0. The summed E-state index contributed by atoms with van der Waals surface area (Å²) < 4.78 is 0. The molecule has 5 fully saturated rings. The van der Waals surface area contributed by atoms with Gasteiger partial charge in [-0.25, -0.2) is 0 Å². The molecule has 3 aliphatic carbocycles. The summed E-state index contributed by atoms with van der Waals surface area (Å²) in [6.07, 6.45) is 9.92. The van der Waals surface area contributed by atoms with Crippen LogP contribution >= 0.6 is 0 Å². The van der Waals surface area contributed by atoms with Gasteiger partial charge in [0.2, 0.25) is 29.4 Å². The van der Waals surface area contributed by atoms with Crippen molar-refractivity contribution in [2.24, 2.45) is 27.1 Å². The van der Waals surface area contributed by atoms with E-state index in [9.17, 15) is 24.0 Å². The molecule has 0 aromatic carbocycles. The molecule has 0 bridgehead atoms. The van der Waals surface area contributed by atoms with Crippen molar-refractivity contribution in [3.05, 3.63) is 0 Å². The molecule has 0 aromatic heterocycles. The Hall–Kier alpha value is -3.02. The molecule has 6 atom stereocenters. The van der Waals surface area contributed by atoms with E-state index in [-0.39, 0.29) is 46.2 Å². The summed E-state index contributed by atoms with van der Waals surface area (Å²) in [5.74, 6) is -2.74. The third-order valence-electron chi connectivity index (χ3n) is 14.6. The summed E-state index contributed by atoms with van der Waals surface area (Å²) in [6.45, 7) is 23.2. The molecule has 5 aliphatic rings. The lowest BCUT2D eigenvalue weighted by Crippen LogP contribution is -2.64. The van der Waals surface area contributed by atoms with Crippen molar-refractivity contribution in [3.8, 4) is 0 Å². The predicted molar refractivity (Wildman–Crippen MR) is 212 cm³/mol. The highest BCUT2D eigenvalue weighted by Crippen LogP contribution is 2.88. The number of carbonyl (C=O) groups excluding carboxylic acids is 6. The van der Waals surface area contributed by atoms with Gasteiger partial charge in [0.1, 0.15) is 18.1 Å². The lowest BCUT2D eigenvalue weighted by atomic mass is 9.73. The number of hydrogen-bond donors (Lipinski definition) is 4. The fourth-order valence-corrected chi connectivity index (χ4v) is 10.7. The largest absolute Gasteiger partial charge is 0.347 e. The zero-order chi connectivity index (χ0) is 40.9. The lowest BCUT2D eigenvalue weighted by Gasteiger charge is -2.40. The highest BCUT2D eigenvalue weighted by atomic mass is 16.2. The van der Waals surface area contributed by atoms with Gasteiger partial charge in [0.25, 0.3) is 5.91 Å². The van der Waals surface area contributed by atoms with Crippen LogP contribution in [0.2, 0.25) is 0 Å². The van der Waals surface area contributed by atoms with Crippen LogP contribution in [0.1, 0.15) is 153 Å². The first-order valence-corrected chi connectivity index (χ1v) is 21.3. The Labute approximate surface area is 330 Å². The lowest BCUT2D eigenvalue weighted by molar-refractivity contribution is -0.146. The molecule has 2 saturated heterocycles. The summed E-state index contributed by atoms with van der Waals surface area (Å²) in [7, 11) is 0. The molecule has 1 unspecified atom stereocenters. The van der Waals surface area contributed by atoms with E-state index < -0.39 is 58.5 Å². The van der Waals surface area contributed by atoms with E-state index in [1.54, 1.807) is 4.90 Å². The molecule has 55 heavy (non-hydrogen) atoms. The van der Waals surface area contributed by atoms with Crippen LogP contribution in [0.15, 0.2) is 0 Å². The SMILES string of the molecule is CCCC(NC(=O)[C@@H]1C[C@@]2(CN1C(=O)[C@@H](NC(=O)[C@@H](NC(=O)[C@H]1CCCCN1C(C)C)C(C)(C)C)C(C)(C)C)C(C)(C)C21CCC1)C(=O)C(=O)NC1CCC1. The van der Waals surface area contributed by atoms with Gasteiger partial charge in [-0.3, -0.25) is 33.7 Å². The van der Waals surface area contributed by atoms with E-state index >= 15 is 4.79 Å². The number of nitrogens with one attached hydrogen (secondary N) is 4. The number of fused-ring (bicyclic) bond motifs is 1. The number of likely N-dealkylation sites (tertiary alicyclic amines) is 2. The Bertz CT molecular complexity index is 1500. The molecule has 0 aromatic rings. The summed E-state index contributed by atoms with van der Waals surface area (Å²) in [5, 5.41) is 11.9. The third-order valence-corrected chi connectivity index (χ3v) is 14.6. The van der Waals surface area contributed by atoms with E-state index in [2.05, 4.69) is 53.9 Å². The molecule has 310 valence electrons. The van der Waals surface area contributed by atoms with Crippen LogP contribution in [0.3, 0.4) is 0 Å². The third kappa shape index (κ3) is 7.96. The number of piperidine rings is 1. The second-order valence-corrected chi connectivity index (χ2v) is 20.6. The molecule has 2 heterocycles. The fraction of sp³-hybridized carbons (Fsp3) is 0.860. The number of amides is 5. The average Bonchev–Trinajstić information content (AvgIpc) is 3.27. The van der Waals surface area contributed by atoms with Gasteiger partial charge in [-0.2, -0.15) is 0 Å². The Kier molecular flexibility index (Phi) is 12.3. The minimum Gasteiger partial charge on any atom is -0.347 e. The zero-order valence-corrected chi connectivity index (χ0v) is 35.8. The number of rotatable bonds is 13. The average molecular weight is 769 g/mol. The molecule has 3 saturated carbocycles. The Morgan fingerprint density at radius 3 is 1.85 bits per heavy atom. The maximum Gasteiger partial charge on any atom is 0.289 e. The molecule has 5 amide bonds. The van der Waals surface area contributed by atoms with Crippen molar-refractivity contribution in [3.63, 3.8) is 0 Å². The van der Waals surface area contributed by atoms with Gasteiger partial charge in [0.15, 0.2) is 0 Å². The fourth-order valence-electron chi connectivity index (χ4n) is 10.7. The van der Waals surface area contributed by atoms with Crippen molar-refractivity contribution in [1.29, 1.82) is 0 Å². The minimum absolute atomic E-state index is 0.00858. The molecule has 2 spiro atoms. The highest BCUT2D eigenvalue weighted by Gasteiger charge is 2.85. The molecule has 12 heteroatoms. The number of ketones is 1. The molecule has 4 N–H and O–H groups in total. The topological polar surface area (TPSA) is 157 Å². The normalized spacial score (nSPS) is 27.7. The van der Waals surface area contributed by atoms with Gasteiger partial charge in [-0.15, -0.1) is 0 Å². The van der Waals surface area contributed by atoms with E-state index in [1.807, 2.05) is 48.5 Å². The van der Waals surface area contributed by atoms with Gasteiger partial charge < -0.3 is 26.2 Å². The van der Waals surface area contributed by atoms with Crippen molar-refractivity contribution >= 4 is 35.3 Å². The molecule has 0 radical (unpaired) electrons. The molecular formula is C43H72N6O6. The van der Waals surface area contributed by atoms with E-state index in [1.165, 1.54) is 0 Å². The Morgan fingerprint density at radius 1 is 0.745 bits per heavy atom. The first-order valence-electron chi connectivity index (χ1n) is 21.3. The Morgan fingerprint density at radius 2 is 1.36 bits per heavy atom. The maximum atomic E-state index is 15.1. The zero-order valence-electron chi connectivity index (χ0n) is 35.8. The molecule has 5 rings (SSSR count). The number of Topliss-reactive ketones (excluding diaryl/α,β-unsaturated/α-hetero) is 1. The monoisotopic (exact) mass is 769 g/mol. The van der Waals surface area contributed by atoms with Gasteiger partial charge >= 0.3 is 0 Å². The van der Waals surface area contributed by atoms with Gasteiger partial charge in [0, 0.05) is 24.0 Å². The quantitative estimate of drug-likeness (QED) is 0.199. The summed E-state index contributed by atoms with van der Waals surface area (Å²) in [5.41, 5.74) is -1.76. The Balaban J connectivity index is 1.40. The van der Waals surface area contributed by atoms with Crippen LogP contribution in [0.4, 0.5) is 0 Å². The first-order chi connectivity index (χ1) is 25.5. The summed E-state index contributed by atoms with van der Waals surface area (Å²) in [6, 6.07) is -3.95. The predicted octanol–water partition coefficient (Wildman–Crippen LogP) is 4.63. The van der Waals surface area contributed by atoms with Crippen LogP contribution in [0.25, 0.3) is 0 Å². The van der Waals surface area contributed by atoms with Gasteiger partial charge in [0.05, 0.1) is 12.1 Å². The molecular weight excluding hydrogens is 697 g/mol. The van der Waals surface area contributed by atoms with E-state index in [4.69, 9.17) is 0 Å². The van der Waals surface area contributed by atoms with Crippen LogP contribution in [-0.4, -0.2) is 101 Å². The molecule has 2 aliphatic heterocycles. The smallest absolute Gasteiger partial charge is 0.289 e.